The quantitative estimate of drug-likeness (QED) is 0.757. The minimum absolute atomic E-state index is 0.00431. The summed E-state index contributed by atoms with van der Waals surface area (Å²) in [4.78, 5) is 11.3. The zero-order valence-corrected chi connectivity index (χ0v) is 10.8. The molecule has 0 fully saturated rings. The van der Waals surface area contributed by atoms with Crippen LogP contribution in [-0.4, -0.2) is 35.1 Å². The van der Waals surface area contributed by atoms with Crippen molar-refractivity contribution in [1.29, 1.82) is 0 Å². The number of carbonyl (C=O) groups excluding carboxylic acids is 1. The Balaban J connectivity index is 4.75. The maximum absolute atomic E-state index is 13.1. The van der Waals surface area contributed by atoms with Crippen LogP contribution in [0.15, 0.2) is 0 Å². The van der Waals surface area contributed by atoms with Gasteiger partial charge >= 0.3 is 12.0 Å². The fraction of sp³-hybridized carbons (Fsp3) is 0.909. The van der Waals surface area contributed by atoms with E-state index in [0.29, 0.717) is 6.42 Å². The van der Waals surface area contributed by atoms with Gasteiger partial charge in [-0.2, -0.15) is 17.6 Å². The zero-order valence-electron chi connectivity index (χ0n) is 10.8. The number of ketones is 1. The van der Waals surface area contributed by atoms with E-state index >= 15 is 0 Å². The second kappa shape index (κ2) is 5.52. The predicted octanol–water partition coefficient (Wildman–Crippen LogP) is 2.62. The first kappa shape index (κ1) is 17.3. The largest absolute Gasteiger partial charge is 0.456 e. The molecule has 0 aliphatic carbocycles. The fourth-order valence-electron chi connectivity index (χ4n) is 1.14. The Morgan fingerprint density at radius 2 is 1.67 bits per heavy atom. The van der Waals surface area contributed by atoms with E-state index in [4.69, 9.17) is 9.84 Å². The van der Waals surface area contributed by atoms with Crippen LogP contribution < -0.4 is 0 Å². The van der Waals surface area contributed by atoms with E-state index in [-0.39, 0.29) is 12.5 Å². The molecule has 0 spiro atoms. The molecule has 18 heavy (non-hydrogen) atoms. The first-order chi connectivity index (χ1) is 7.82. The lowest BCUT2D eigenvalue weighted by Crippen LogP contribution is -2.56. The Morgan fingerprint density at radius 3 is 2.00 bits per heavy atom. The van der Waals surface area contributed by atoms with Crippen LogP contribution in [-0.2, 0) is 9.53 Å². The summed E-state index contributed by atoms with van der Waals surface area (Å²) in [5.41, 5.74) is -2.05. The van der Waals surface area contributed by atoms with Gasteiger partial charge < -0.3 is 9.84 Å². The van der Waals surface area contributed by atoms with Crippen LogP contribution in [0.2, 0.25) is 0 Å². The maximum Gasteiger partial charge on any atom is 0.456 e. The van der Waals surface area contributed by atoms with Gasteiger partial charge in [0.25, 0.3) is 0 Å². The molecule has 0 saturated carbocycles. The average molecular weight is 274 g/mol. The summed E-state index contributed by atoms with van der Waals surface area (Å²) in [5, 5.41) is 8.64. The molecule has 1 unspecified atom stereocenters. The van der Waals surface area contributed by atoms with Crippen molar-refractivity contribution >= 4 is 5.78 Å². The number of Topliss-reactive ketones (excluding diaryl/α,β-unsaturated/α-hetero) is 1. The van der Waals surface area contributed by atoms with E-state index < -0.39 is 23.4 Å². The number of alkyl halides is 4. The Kier molecular flexibility index (Phi) is 5.31. The predicted molar refractivity (Wildman–Crippen MR) is 56.6 cm³/mol. The molecular formula is C11H18F4O3. The smallest absolute Gasteiger partial charge is 0.368 e. The van der Waals surface area contributed by atoms with Crippen LogP contribution in [0.25, 0.3) is 0 Å². The molecule has 0 bridgehead atoms. The molecular weight excluding hydrogens is 256 g/mol. The zero-order chi connectivity index (χ0) is 14.8. The highest BCUT2D eigenvalue weighted by atomic mass is 19.4. The van der Waals surface area contributed by atoms with Crippen molar-refractivity contribution in [3.05, 3.63) is 0 Å². The summed E-state index contributed by atoms with van der Waals surface area (Å²) < 4.78 is 54.5. The molecule has 108 valence electrons. The van der Waals surface area contributed by atoms with Crippen LogP contribution in [0.1, 0.15) is 34.1 Å². The Labute approximate surface area is 103 Å². The number of rotatable bonds is 6. The van der Waals surface area contributed by atoms with Gasteiger partial charge in [-0.05, 0) is 26.2 Å². The summed E-state index contributed by atoms with van der Waals surface area (Å²) in [7, 11) is 0. The van der Waals surface area contributed by atoms with Gasteiger partial charge in [0.05, 0.1) is 0 Å². The van der Waals surface area contributed by atoms with E-state index in [1.807, 2.05) is 13.8 Å². The molecule has 0 aromatic rings. The van der Waals surface area contributed by atoms with Crippen molar-refractivity contribution in [3.63, 3.8) is 0 Å². The number of ether oxygens (including phenoxy) is 1. The second-order valence-electron chi connectivity index (χ2n) is 4.99. The van der Waals surface area contributed by atoms with E-state index in [2.05, 4.69) is 0 Å². The minimum Gasteiger partial charge on any atom is -0.368 e. The third-order valence-corrected chi connectivity index (χ3v) is 2.38. The lowest BCUT2D eigenvalue weighted by Gasteiger charge is -2.30. The van der Waals surface area contributed by atoms with Gasteiger partial charge in [-0.3, -0.25) is 4.79 Å². The third kappa shape index (κ3) is 4.20. The summed E-state index contributed by atoms with van der Waals surface area (Å²) in [5.74, 6) is -6.72. The van der Waals surface area contributed by atoms with Crippen molar-refractivity contribution < 1.29 is 32.2 Å². The van der Waals surface area contributed by atoms with Crippen molar-refractivity contribution in [2.75, 3.05) is 6.61 Å². The van der Waals surface area contributed by atoms with Gasteiger partial charge in [-0.1, -0.05) is 13.8 Å². The Morgan fingerprint density at radius 1 is 1.22 bits per heavy atom. The lowest BCUT2D eigenvalue weighted by molar-refractivity contribution is -0.303. The lowest BCUT2D eigenvalue weighted by atomic mass is 9.96. The number of halogens is 4. The summed E-state index contributed by atoms with van der Waals surface area (Å²) in [6.07, 6.45) is -5.17. The van der Waals surface area contributed by atoms with Gasteiger partial charge in [0.15, 0.2) is 0 Å². The summed E-state index contributed by atoms with van der Waals surface area (Å²) in [6.45, 7) is 5.71. The topological polar surface area (TPSA) is 46.5 Å². The highest BCUT2D eigenvalue weighted by molar-refractivity contribution is 5.93. The van der Waals surface area contributed by atoms with Crippen LogP contribution in [0, 0.1) is 5.92 Å². The van der Waals surface area contributed by atoms with Gasteiger partial charge in [0.2, 0.25) is 5.78 Å². The molecule has 0 rings (SSSR count). The van der Waals surface area contributed by atoms with Crippen LogP contribution in [0.5, 0.6) is 0 Å². The van der Waals surface area contributed by atoms with Gasteiger partial charge in [-0.15, -0.1) is 0 Å². The van der Waals surface area contributed by atoms with E-state index in [1.165, 1.54) is 0 Å². The number of carbonyl (C=O) groups is 1. The van der Waals surface area contributed by atoms with Gasteiger partial charge in [-0.25, -0.2) is 0 Å². The molecule has 0 aromatic heterocycles. The monoisotopic (exact) mass is 274 g/mol. The molecule has 0 aliphatic rings. The highest BCUT2D eigenvalue weighted by Crippen LogP contribution is 2.36. The Bertz CT molecular complexity index is 295. The standard InChI is InChI=1S/C11H18F4O3/c1-7(2)5-6-18-9(3,4)8(16)10(12,17)11(13,14)15/h7,17H,5-6H2,1-4H3. The van der Waals surface area contributed by atoms with Gasteiger partial charge in [0, 0.05) is 6.61 Å². The van der Waals surface area contributed by atoms with Crippen LogP contribution >= 0.6 is 0 Å². The highest BCUT2D eigenvalue weighted by Gasteiger charge is 2.64. The van der Waals surface area contributed by atoms with Gasteiger partial charge in [0.1, 0.15) is 5.60 Å². The van der Waals surface area contributed by atoms with E-state index in [0.717, 1.165) is 13.8 Å². The first-order valence-corrected chi connectivity index (χ1v) is 5.49. The summed E-state index contributed by atoms with van der Waals surface area (Å²) in [6, 6.07) is 0. The van der Waals surface area contributed by atoms with E-state index in [9.17, 15) is 22.4 Å². The molecule has 0 amide bonds. The molecule has 0 saturated heterocycles. The molecule has 1 N–H and O–H groups in total. The first-order valence-electron chi connectivity index (χ1n) is 5.49. The number of aliphatic hydroxyl groups is 1. The molecule has 0 radical (unpaired) electrons. The third-order valence-electron chi connectivity index (χ3n) is 2.38. The van der Waals surface area contributed by atoms with Crippen LogP contribution in [0.3, 0.4) is 0 Å². The summed E-state index contributed by atoms with van der Waals surface area (Å²) >= 11 is 0. The average Bonchev–Trinajstić information content (AvgIpc) is 2.13. The maximum atomic E-state index is 13.1. The van der Waals surface area contributed by atoms with Crippen LogP contribution in [0.4, 0.5) is 17.6 Å². The molecule has 0 heterocycles. The molecule has 0 aliphatic heterocycles. The number of hydrogen-bond acceptors (Lipinski definition) is 3. The Hall–Kier alpha value is -0.690. The second-order valence-corrected chi connectivity index (χ2v) is 4.99. The van der Waals surface area contributed by atoms with Crippen molar-refractivity contribution in [1.82, 2.24) is 0 Å². The normalized spacial score (nSPS) is 16.8. The SMILES string of the molecule is CC(C)CCOC(C)(C)C(=O)C(O)(F)C(F)(F)F. The molecule has 0 aromatic carbocycles. The van der Waals surface area contributed by atoms with E-state index in [1.54, 1.807) is 0 Å². The number of hydrogen-bond donors (Lipinski definition) is 1. The van der Waals surface area contributed by atoms with Crippen molar-refractivity contribution in [2.45, 2.75) is 51.7 Å². The fourth-order valence-corrected chi connectivity index (χ4v) is 1.14. The minimum atomic E-state index is -5.68. The molecule has 3 nitrogen and oxygen atoms in total. The molecule has 1 atom stereocenters. The van der Waals surface area contributed by atoms with Crippen molar-refractivity contribution in [2.24, 2.45) is 5.92 Å². The van der Waals surface area contributed by atoms with Crippen molar-refractivity contribution in [3.8, 4) is 0 Å². The molecule has 7 heteroatoms.